The number of hydrogen-bond donors (Lipinski definition) is 2. The normalized spacial score (nSPS) is 23.6. The van der Waals surface area contributed by atoms with Crippen LogP contribution in [0.1, 0.15) is 51.1 Å². The summed E-state index contributed by atoms with van der Waals surface area (Å²) in [6, 6.07) is 5.74. The molecule has 0 aromatic carbocycles. The number of hydrogen-bond acceptors (Lipinski definition) is 3. The van der Waals surface area contributed by atoms with Crippen LogP contribution in [-0.4, -0.2) is 23.6 Å². The van der Waals surface area contributed by atoms with Crippen LogP contribution in [0.5, 0.6) is 0 Å². The van der Waals surface area contributed by atoms with Crippen molar-refractivity contribution in [3.63, 3.8) is 0 Å². The summed E-state index contributed by atoms with van der Waals surface area (Å²) in [6.07, 6.45) is 9.03. The van der Waals surface area contributed by atoms with E-state index in [-0.39, 0.29) is 0 Å². The Bertz CT molecular complexity index is 333. The van der Waals surface area contributed by atoms with Crippen molar-refractivity contribution >= 4 is 0 Å². The molecule has 3 atom stereocenters. The Hall–Kier alpha value is -0.930. The van der Waals surface area contributed by atoms with Gasteiger partial charge in [0.2, 0.25) is 0 Å². The Balaban J connectivity index is 1.78. The van der Waals surface area contributed by atoms with E-state index in [1.54, 1.807) is 0 Å². The molecule has 0 bridgehead atoms. The van der Waals surface area contributed by atoms with E-state index >= 15 is 0 Å². The van der Waals surface area contributed by atoms with E-state index in [1.807, 2.05) is 18.5 Å². The maximum absolute atomic E-state index is 4.18. The van der Waals surface area contributed by atoms with E-state index in [9.17, 15) is 0 Å². The molecule has 2 unspecified atom stereocenters. The van der Waals surface area contributed by atoms with Gasteiger partial charge in [-0.1, -0.05) is 12.5 Å². The fourth-order valence-corrected chi connectivity index (χ4v) is 2.78. The predicted octanol–water partition coefficient (Wildman–Crippen LogP) is 2.65. The van der Waals surface area contributed by atoms with E-state index in [4.69, 9.17) is 0 Å². The Labute approximate surface area is 110 Å². The van der Waals surface area contributed by atoms with Gasteiger partial charge < -0.3 is 10.6 Å². The third-order valence-corrected chi connectivity index (χ3v) is 3.77. The van der Waals surface area contributed by atoms with Crippen molar-refractivity contribution in [3.05, 3.63) is 30.1 Å². The van der Waals surface area contributed by atoms with Crippen LogP contribution in [0.25, 0.3) is 0 Å². The maximum Gasteiger partial charge on any atom is 0.0315 e. The average molecular weight is 247 g/mol. The first kappa shape index (κ1) is 13.5. The molecular weight excluding hydrogens is 222 g/mol. The van der Waals surface area contributed by atoms with Gasteiger partial charge in [-0.05, 0) is 51.3 Å². The molecule has 1 aliphatic heterocycles. The minimum absolute atomic E-state index is 0.372. The van der Waals surface area contributed by atoms with Crippen molar-refractivity contribution in [2.24, 2.45) is 0 Å². The Morgan fingerprint density at radius 3 is 3.00 bits per heavy atom. The van der Waals surface area contributed by atoms with Crippen LogP contribution >= 0.6 is 0 Å². The second-order valence-electron chi connectivity index (χ2n) is 5.46. The minimum atomic E-state index is 0.372. The van der Waals surface area contributed by atoms with Gasteiger partial charge in [0.05, 0.1) is 0 Å². The molecule has 3 nitrogen and oxygen atoms in total. The Kier molecular flexibility index (Phi) is 5.14. The smallest absolute Gasteiger partial charge is 0.0315 e. The van der Waals surface area contributed by atoms with Crippen LogP contribution in [-0.2, 0) is 0 Å². The van der Waals surface area contributed by atoms with Gasteiger partial charge >= 0.3 is 0 Å². The summed E-state index contributed by atoms with van der Waals surface area (Å²) in [5.74, 6) is 0. The second-order valence-corrected chi connectivity index (χ2v) is 5.46. The fourth-order valence-electron chi connectivity index (χ4n) is 2.78. The van der Waals surface area contributed by atoms with E-state index in [1.165, 1.54) is 37.8 Å². The quantitative estimate of drug-likeness (QED) is 0.840. The summed E-state index contributed by atoms with van der Waals surface area (Å²) < 4.78 is 0. The highest BCUT2D eigenvalue weighted by Crippen LogP contribution is 2.15. The zero-order valence-electron chi connectivity index (χ0n) is 11.5. The topological polar surface area (TPSA) is 37.0 Å². The first-order chi connectivity index (χ1) is 8.75. The molecule has 0 saturated carbocycles. The number of nitrogens with one attached hydrogen (secondary N) is 2. The fraction of sp³-hybridized carbons (Fsp3) is 0.667. The van der Waals surface area contributed by atoms with E-state index in [2.05, 4.69) is 35.5 Å². The number of pyridine rings is 1. The highest BCUT2D eigenvalue weighted by atomic mass is 15.0. The van der Waals surface area contributed by atoms with E-state index in [0.29, 0.717) is 18.1 Å². The molecule has 1 aromatic rings. The van der Waals surface area contributed by atoms with Crippen molar-refractivity contribution in [3.8, 4) is 0 Å². The van der Waals surface area contributed by atoms with Crippen LogP contribution in [0.4, 0.5) is 0 Å². The van der Waals surface area contributed by atoms with Crippen molar-refractivity contribution < 1.29 is 0 Å². The zero-order chi connectivity index (χ0) is 12.8. The van der Waals surface area contributed by atoms with Crippen LogP contribution in [0.15, 0.2) is 24.5 Å². The lowest BCUT2D eigenvalue weighted by atomic mass is 9.98. The van der Waals surface area contributed by atoms with E-state index < -0.39 is 0 Å². The molecule has 2 rings (SSSR count). The lowest BCUT2D eigenvalue weighted by Gasteiger charge is -2.28. The molecule has 0 amide bonds. The van der Waals surface area contributed by atoms with Gasteiger partial charge in [0.15, 0.2) is 0 Å². The van der Waals surface area contributed by atoms with Gasteiger partial charge in [0.1, 0.15) is 0 Å². The number of rotatable bonds is 5. The summed E-state index contributed by atoms with van der Waals surface area (Å²) in [4.78, 5) is 4.18. The van der Waals surface area contributed by atoms with Crippen molar-refractivity contribution in [1.29, 1.82) is 0 Å². The van der Waals surface area contributed by atoms with Crippen molar-refractivity contribution in [1.82, 2.24) is 15.6 Å². The van der Waals surface area contributed by atoms with Crippen LogP contribution in [0.2, 0.25) is 0 Å². The monoisotopic (exact) mass is 247 g/mol. The van der Waals surface area contributed by atoms with E-state index in [0.717, 1.165) is 0 Å². The molecule has 1 aromatic heterocycles. The standard InChI is InChI=1S/C15H25N3/c1-12(10-15-7-3-4-9-17-15)18-13(2)14-6-5-8-16-11-14/h5-6,8,11-13,15,17-18H,3-4,7,9-10H2,1-2H3/t12?,13-,15?/m1/s1. The Morgan fingerprint density at radius 2 is 2.33 bits per heavy atom. The molecule has 1 saturated heterocycles. The van der Waals surface area contributed by atoms with Crippen LogP contribution < -0.4 is 10.6 Å². The van der Waals surface area contributed by atoms with Gasteiger partial charge in [0, 0.05) is 30.5 Å². The molecular formula is C15H25N3. The maximum atomic E-state index is 4.18. The molecule has 1 fully saturated rings. The van der Waals surface area contributed by atoms with Gasteiger partial charge in [-0.2, -0.15) is 0 Å². The van der Waals surface area contributed by atoms with Crippen LogP contribution in [0.3, 0.4) is 0 Å². The molecule has 0 spiro atoms. The summed E-state index contributed by atoms with van der Waals surface area (Å²) in [5.41, 5.74) is 1.26. The van der Waals surface area contributed by atoms with Crippen molar-refractivity contribution in [2.75, 3.05) is 6.54 Å². The molecule has 0 aliphatic carbocycles. The molecule has 1 aliphatic rings. The minimum Gasteiger partial charge on any atom is -0.314 e. The van der Waals surface area contributed by atoms with Crippen LogP contribution in [0, 0.1) is 0 Å². The lowest BCUT2D eigenvalue weighted by molar-refractivity contribution is 0.334. The van der Waals surface area contributed by atoms with Gasteiger partial charge in [-0.3, -0.25) is 4.98 Å². The molecule has 2 heterocycles. The van der Waals surface area contributed by atoms with Gasteiger partial charge in [-0.15, -0.1) is 0 Å². The summed E-state index contributed by atoms with van der Waals surface area (Å²) in [7, 11) is 0. The lowest BCUT2D eigenvalue weighted by Crippen LogP contribution is -2.40. The first-order valence-corrected chi connectivity index (χ1v) is 7.15. The summed E-state index contributed by atoms with van der Waals surface area (Å²) in [6.45, 7) is 5.68. The third kappa shape index (κ3) is 4.07. The van der Waals surface area contributed by atoms with Gasteiger partial charge in [0.25, 0.3) is 0 Å². The first-order valence-electron chi connectivity index (χ1n) is 7.15. The number of aromatic nitrogens is 1. The molecule has 100 valence electrons. The summed E-state index contributed by atoms with van der Waals surface area (Å²) in [5, 5.41) is 7.27. The predicted molar refractivity (Wildman–Crippen MR) is 75.5 cm³/mol. The molecule has 18 heavy (non-hydrogen) atoms. The average Bonchev–Trinajstić information content (AvgIpc) is 2.40. The highest BCUT2D eigenvalue weighted by molar-refractivity contribution is 5.12. The largest absolute Gasteiger partial charge is 0.314 e. The van der Waals surface area contributed by atoms with Gasteiger partial charge in [-0.25, -0.2) is 0 Å². The molecule has 3 heteroatoms. The SMILES string of the molecule is CC(CC1CCCCN1)N[C@H](C)c1cccnc1. The molecule has 2 N–H and O–H groups in total. The Morgan fingerprint density at radius 1 is 1.44 bits per heavy atom. The number of piperidine rings is 1. The molecule has 0 radical (unpaired) electrons. The number of nitrogens with zero attached hydrogens (tertiary/aromatic N) is 1. The van der Waals surface area contributed by atoms with Crippen molar-refractivity contribution in [2.45, 2.75) is 57.7 Å². The highest BCUT2D eigenvalue weighted by Gasteiger charge is 2.17. The summed E-state index contributed by atoms with van der Waals surface area (Å²) >= 11 is 0. The third-order valence-electron chi connectivity index (χ3n) is 3.77. The zero-order valence-corrected chi connectivity index (χ0v) is 11.5. The second kappa shape index (κ2) is 6.86.